The third kappa shape index (κ3) is 3.41. The second-order valence-electron chi connectivity index (χ2n) is 6.14. The Kier molecular flexibility index (Phi) is 4.86. The van der Waals surface area contributed by atoms with Crippen LogP contribution in [0.3, 0.4) is 0 Å². The van der Waals surface area contributed by atoms with Gasteiger partial charge in [0.1, 0.15) is 0 Å². The van der Waals surface area contributed by atoms with Gasteiger partial charge in [-0.3, -0.25) is 4.79 Å². The number of hydrogen-bond acceptors (Lipinski definition) is 4. The number of hydrogen-bond donors (Lipinski definition) is 1. The molecule has 20 heavy (non-hydrogen) atoms. The zero-order valence-corrected chi connectivity index (χ0v) is 13.5. The van der Waals surface area contributed by atoms with E-state index < -0.39 is 0 Å². The van der Waals surface area contributed by atoms with E-state index in [1.807, 2.05) is 0 Å². The molecule has 1 aliphatic rings. The highest BCUT2D eigenvalue weighted by Gasteiger charge is 2.38. The van der Waals surface area contributed by atoms with Crippen molar-refractivity contribution >= 4 is 17.3 Å². The summed E-state index contributed by atoms with van der Waals surface area (Å²) in [5.74, 6) is -0.0997. The molecule has 0 bridgehead atoms. The summed E-state index contributed by atoms with van der Waals surface area (Å²) >= 11 is 1.80. The van der Waals surface area contributed by atoms with Gasteiger partial charge in [-0.25, -0.2) is 0 Å². The van der Waals surface area contributed by atoms with E-state index in [2.05, 4.69) is 19.9 Å². The number of carbonyl (C=O) groups excluding carboxylic acids is 1. The number of methoxy groups -OCH3 is 1. The average molecular weight is 295 g/mol. The molecule has 1 saturated carbocycles. The molecule has 1 fully saturated rings. The Labute approximate surface area is 125 Å². The zero-order chi connectivity index (χ0) is 14.8. The topological polar surface area (TPSA) is 52.3 Å². The smallest absolute Gasteiger partial charge is 0.306 e. The first kappa shape index (κ1) is 15.5. The minimum atomic E-state index is -0.0997. The number of aryl methyl sites for hydroxylation is 2. The summed E-state index contributed by atoms with van der Waals surface area (Å²) < 4.78 is 4.87. The van der Waals surface area contributed by atoms with Gasteiger partial charge in [0.25, 0.3) is 0 Å². The van der Waals surface area contributed by atoms with Crippen molar-refractivity contribution in [3.63, 3.8) is 0 Å². The molecule has 0 amide bonds. The van der Waals surface area contributed by atoms with E-state index >= 15 is 0 Å². The van der Waals surface area contributed by atoms with Crippen molar-refractivity contribution in [1.82, 2.24) is 0 Å². The Morgan fingerprint density at radius 1 is 1.45 bits per heavy atom. The fraction of sp³-hybridized carbons (Fsp3) is 0.688. The number of thiophene rings is 1. The van der Waals surface area contributed by atoms with Crippen molar-refractivity contribution in [3.8, 4) is 0 Å². The molecule has 1 aromatic heterocycles. The molecule has 0 aliphatic heterocycles. The molecule has 0 radical (unpaired) electrons. The summed E-state index contributed by atoms with van der Waals surface area (Å²) in [7, 11) is 1.47. The molecule has 112 valence electrons. The van der Waals surface area contributed by atoms with E-state index in [9.17, 15) is 4.79 Å². The number of ether oxygens (including phenoxy) is 1. The SMILES string of the molecule is COC(=O)CC1(CC(N)c2cc(C)sc2C)CCCC1. The molecule has 0 saturated heterocycles. The largest absolute Gasteiger partial charge is 0.469 e. The Balaban J connectivity index is 2.12. The Hall–Kier alpha value is -0.870. The quantitative estimate of drug-likeness (QED) is 0.839. The van der Waals surface area contributed by atoms with Gasteiger partial charge < -0.3 is 10.5 Å². The van der Waals surface area contributed by atoms with Gasteiger partial charge >= 0.3 is 5.97 Å². The van der Waals surface area contributed by atoms with E-state index in [1.54, 1.807) is 11.3 Å². The van der Waals surface area contributed by atoms with Crippen molar-refractivity contribution in [2.75, 3.05) is 7.11 Å². The standard InChI is InChI=1S/C16H25NO2S/c1-11-8-13(12(2)20-11)14(17)9-16(6-4-5-7-16)10-15(18)19-3/h8,14H,4-7,9-10,17H2,1-3H3. The van der Waals surface area contributed by atoms with Gasteiger partial charge in [-0.15, -0.1) is 11.3 Å². The summed E-state index contributed by atoms with van der Waals surface area (Å²) in [6.07, 6.45) is 5.99. The van der Waals surface area contributed by atoms with Gasteiger partial charge in [-0.1, -0.05) is 12.8 Å². The normalized spacial score (nSPS) is 19.0. The number of carbonyl (C=O) groups is 1. The summed E-state index contributed by atoms with van der Waals surface area (Å²) in [6.45, 7) is 4.25. The predicted molar refractivity (Wildman–Crippen MR) is 82.9 cm³/mol. The number of nitrogens with two attached hydrogens (primary N) is 1. The highest BCUT2D eigenvalue weighted by atomic mass is 32.1. The fourth-order valence-electron chi connectivity index (χ4n) is 3.55. The second kappa shape index (κ2) is 6.27. The number of esters is 1. The molecule has 3 nitrogen and oxygen atoms in total. The van der Waals surface area contributed by atoms with Crippen LogP contribution < -0.4 is 5.73 Å². The predicted octanol–water partition coefficient (Wildman–Crippen LogP) is 3.88. The van der Waals surface area contributed by atoms with Crippen LogP contribution in [0.5, 0.6) is 0 Å². The Bertz CT molecular complexity index is 475. The van der Waals surface area contributed by atoms with Gasteiger partial charge in [-0.2, -0.15) is 0 Å². The van der Waals surface area contributed by atoms with Gasteiger partial charge in [0.15, 0.2) is 0 Å². The molecular formula is C16H25NO2S. The van der Waals surface area contributed by atoms with Crippen LogP contribution in [0.2, 0.25) is 0 Å². The molecule has 1 aromatic rings. The van der Waals surface area contributed by atoms with Crippen molar-refractivity contribution in [3.05, 3.63) is 21.4 Å². The zero-order valence-electron chi connectivity index (χ0n) is 12.7. The molecule has 1 aliphatic carbocycles. The van der Waals surface area contributed by atoms with Crippen molar-refractivity contribution in [1.29, 1.82) is 0 Å². The molecule has 2 N–H and O–H groups in total. The monoisotopic (exact) mass is 295 g/mol. The number of rotatable bonds is 5. The molecule has 2 rings (SSSR count). The van der Waals surface area contributed by atoms with Crippen LogP contribution in [0, 0.1) is 19.3 Å². The lowest BCUT2D eigenvalue weighted by molar-refractivity contribution is -0.143. The van der Waals surface area contributed by atoms with Gasteiger partial charge in [0.05, 0.1) is 13.5 Å². The van der Waals surface area contributed by atoms with Gasteiger partial charge in [-0.05, 0) is 50.2 Å². The van der Waals surface area contributed by atoms with Crippen LogP contribution in [0.15, 0.2) is 6.07 Å². The highest BCUT2D eigenvalue weighted by Crippen LogP contribution is 2.47. The lowest BCUT2D eigenvalue weighted by Crippen LogP contribution is -2.27. The Morgan fingerprint density at radius 2 is 2.10 bits per heavy atom. The minimum absolute atomic E-state index is 0.0303. The maximum absolute atomic E-state index is 11.7. The minimum Gasteiger partial charge on any atom is -0.469 e. The highest BCUT2D eigenvalue weighted by molar-refractivity contribution is 7.12. The van der Waals surface area contributed by atoms with E-state index in [0.29, 0.717) is 6.42 Å². The van der Waals surface area contributed by atoms with Crippen LogP contribution in [0.4, 0.5) is 0 Å². The van der Waals surface area contributed by atoms with Gasteiger partial charge in [0, 0.05) is 15.8 Å². The third-order valence-electron chi connectivity index (χ3n) is 4.54. The third-order valence-corrected chi connectivity index (χ3v) is 5.52. The first-order valence-electron chi connectivity index (χ1n) is 7.35. The molecular weight excluding hydrogens is 270 g/mol. The van der Waals surface area contributed by atoms with Crippen LogP contribution >= 0.6 is 11.3 Å². The van der Waals surface area contributed by atoms with E-state index in [1.165, 1.54) is 35.3 Å². The summed E-state index contributed by atoms with van der Waals surface area (Å²) in [6, 6.07) is 2.23. The summed E-state index contributed by atoms with van der Waals surface area (Å²) in [5, 5.41) is 0. The van der Waals surface area contributed by atoms with Crippen molar-refractivity contribution in [2.45, 2.75) is 58.4 Å². The lowest BCUT2D eigenvalue weighted by Gasteiger charge is -2.30. The summed E-state index contributed by atoms with van der Waals surface area (Å²) in [5.41, 5.74) is 7.75. The average Bonchev–Trinajstić information content (AvgIpc) is 2.96. The summed E-state index contributed by atoms with van der Waals surface area (Å²) in [4.78, 5) is 14.3. The maximum Gasteiger partial charge on any atom is 0.306 e. The van der Waals surface area contributed by atoms with Crippen molar-refractivity contribution < 1.29 is 9.53 Å². The molecule has 0 aromatic carbocycles. The van der Waals surface area contributed by atoms with E-state index in [-0.39, 0.29) is 17.4 Å². The molecule has 0 spiro atoms. The van der Waals surface area contributed by atoms with Crippen LogP contribution in [0.25, 0.3) is 0 Å². The van der Waals surface area contributed by atoms with E-state index in [0.717, 1.165) is 19.3 Å². The first-order valence-corrected chi connectivity index (χ1v) is 8.17. The van der Waals surface area contributed by atoms with Crippen LogP contribution in [-0.2, 0) is 9.53 Å². The van der Waals surface area contributed by atoms with Crippen LogP contribution in [0.1, 0.15) is 59.9 Å². The molecule has 1 unspecified atom stereocenters. The van der Waals surface area contributed by atoms with E-state index in [4.69, 9.17) is 10.5 Å². The lowest BCUT2D eigenvalue weighted by atomic mass is 9.76. The van der Waals surface area contributed by atoms with Gasteiger partial charge in [0.2, 0.25) is 0 Å². The molecule has 1 atom stereocenters. The molecule has 1 heterocycles. The van der Waals surface area contributed by atoms with Crippen molar-refractivity contribution in [2.24, 2.45) is 11.1 Å². The fourth-order valence-corrected chi connectivity index (χ4v) is 4.55. The second-order valence-corrected chi connectivity index (χ2v) is 7.60. The first-order chi connectivity index (χ1) is 9.46. The molecule has 4 heteroatoms. The van der Waals surface area contributed by atoms with Crippen LogP contribution in [-0.4, -0.2) is 13.1 Å². The maximum atomic E-state index is 11.7. The Morgan fingerprint density at radius 3 is 2.60 bits per heavy atom.